The highest BCUT2D eigenvalue weighted by Gasteiger charge is 2.08. The largest absolute Gasteiger partial charge is 0.334 e. The van der Waals surface area contributed by atoms with Gasteiger partial charge in [-0.15, -0.1) is 5.10 Å². The van der Waals surface area contributed by atoms with E-state index in [-0.39, 0.29) is 0 Å². The first-order valence-corrected chi connectivity index (χ1v) is 8.07. The Balaban J connectivity index is 1.68. The number of hydrogen-bond acceptors (Lipinski definition) is 4. The highest BCUT2D eigenvalue weighted by Crippen LogP contribution is 2.18. The molecule has 0 bridgehead atoms. The van der Waals surface area contributed by atoms with Gasteiger partial charge in [0.1, 0.15) is 11.6 Å². The molecular formula is C19H18N6. The summed E-state index contributed by atoms with van der Waals surface area (Å²) in [6.45, 7) is 3.90. The Labute approximate surface area is 145 Å². The van der Waals surface area contributed by atoms with E-state index in [9.17, 15) is 0 Å². The van der Waals surface area contributed by atoms with Gasteiger partial charge in [0.05, 0.1) is 5.69 Å². The summed E-state index contributed by atoms with van der Waals surface area (Å²) in [6, 6.07) is 10.1. The molecule has 0 amide bonds. The summed E-state index contributed by atoms with van der Waals surface area (Å²) in [4.78, 5) is 13.6. The zero-order chi connectivity index (χ0) is 17.4. The summed E-state index contributed by atoms with van der Waals surface area (Å²) in [7, 11) is 1.98. The first-order chi connectivity index (χ1) is 12.1. The van der Waals surface area contributed by atoms with Crippen LogP contribution in [-0.4, -0.2) is 29.1 Å². The molecule has 6 heteroatoms. The van der Waals surface area contributed by atoms with Gasteiger partial charge in [-0.2, -0.15) is 4.52 Å². The molecule has 4 aromatic rings. The Hall–Kier alpha value is -3.28. The summed E-state index contributed by atoms with van der Waals surface area (Å²) in [5, 5.41) is 4.50. The van der Waals surface area contributed by atoms with E-state index in [4.69, 9.17) is 0 Å². The van der Waals surface area contributed by atoms with Crippen molar-refractivity contribution >= 4 is 17.8 Å². The van der Waals surface area contributed by atoms with E-state index < -0.39 is 0 Å². The third-order valence-corrected chi connectivity index (χ3v) is 4.09. The molecular weight excluding hydrogens is 312 g/mol. The second-order valence-electron chi connectivity index (χ2n) is 5.99. The number of hydrogen-bond donors (Lipinski definition) is 0. The van der Waals surface area contributed by atoms with Gasteiger partial charge in [-0.3, -0.25) is 0 Å². The van der Waals surface area contributed by atoms with Crippen molar-refractivity contribution in [3.05, 3.63) is 65.8 Å². The number of fused-ring (bicyclic) bond motifs is 1. The van der Waals surface area contributed by atoms with Crippen LogP contribution in [0.5, 0.6) is 0 Å². The molecule has 0 saturated heterocycles. The minimum Gasteiger partial charge on any atom is -0.334 e. The van der Waals surface area contributed by atoms with Crippen LogP contribution in [0.25, 0.3) is 29.1 Å². The predicted molar refractivity (Wildman–Crippen MR) is 97.8 cm³/mol. The summed E-state index contributed by atoms with van der Waals surface area (Å²) in [5.41, 5.74) is 3.88. The van der Waals surface area contributed by atoms with Crippen LogP contribution in [0, 0.1) is 13.8 Å². The average Bonchev–Trinajstić information content (AvgIpc) is 3.22. The minimum atomic E-state index is 0.642. The van der Waals surface area contributed by atoms with Crippen molar-refractivity contribution < 1.29 is 0 Å². The normalized spacial score (nSPS) is 11.6. The average molecular weight is 330 g/mol. The summed E-state index contributed by atoms with van der Waals surface area (Å²) >= 11 is 0. The van der Waals surface area contributed by atoms with Crippen LogP contribution in [-0.2, 0) is 7.05 Å². The molecule has 0 fully saturated rings. The molecule has 0 aliphatic carbocycles. The zero-order valence-corrected chi connectivity index (χ0v) is 14.4. The SMILES string of the molecule is Cc1cnc(C)n2nc(C=Cc3nc(-c4ccccc4)cn3C)nc12. The van der Waals surface area contributed by atoms with Gasteiger partial charge in [-0.25, -0.2) is 15.0 Å². The zero-order valence-electron chi connectivity index (χ0n) is 14.4. The third kappa shape index (κ3) is 2.82. The van der Waals surface area contributed by atoms with Crippen LogP contribution in [0.15, 0.2) is 42.7 Å². The third-order valence-electron chi connectivity index (χ3n) is 4.09. The van der Waals surface area contributed by atoms with Gasteiger partial charge in [0.15, 0.2) is 11.5 Å². The van der Waals surface area contributed by atoms with E-state index in [1.165, 1.54) is 0 Å². The lowest BCUT2D eigenvalue weighted by Crippen LogP contribution is -1.98. The molecule has 0 unspecified atom stereocenters. The van der Waals surface area contributed by atoms with Crippen LogP contribution in [0.2, 0.25) is 0 Å². The summed E-state index contributed by atoms with van der Waals surface area (Å²) < 4.78 is 3.76. The molecule has 0 N–H and O–H groups in total. The Morgan fingerprint density at radius 2 is 1.80 bits per heavy atom. The molecule has 0 spiro atoms. The van der Waals surface area contributed by atoms with E-state index in [1.54, 1.807) is 4.52 Å². The Bertz CT molecular complexity index is 1030. The second kappa shape index (κ2) is 5.98. The van der Waals surface area contributed by atoms with Crippen molar-refractivity contribution in [3.8, 4) is 11.3 Å². The Morgan fingerprint density at radius 3 is 2.56 bits per heavy atom. The lowest BCUT2D eigenvalue weighted by Gasteiger charge is -1.97. The van der Waals surface area contributed by atoms with Crippen molar-refractivity contribution in [2.24, 2.45) is 7.05 Å². The van der Waals surface area contributed by atoms with Crippen molar-refractivity contribution in [1.29, 1.82) is 0 Å². The number of imidazole rings is 1. The molecule has 1 aromatic carbocycles. The van der Waals surface area contributed by atoms with Gasteiger partial charge in [0.2, 0.25) is 0 Å². The smallest absolute Gasteiger partial charge is 0.175 e. The first kappa shape index (κ1) is 15.3. The molecule has 6 nitrogen and oxygen atoms in total. The maximum Gasteiger partial charge on any atom is 0.175 e. The molecule has 0 radical (unpaired) electrons. The quantitative estimate of drug-likeness (QED) is 0.578. The number of nitrogens with zero attached hydrogens (tertiary/aromatic N) is 6. The number of aryl methyl sites for hydroxylation is 3. The van der Waals surface area contributed by atoms with Gasteiger partial charge < -0.3 is 4.57 Å². The van der Waals surface area contributed by atoms with E-state index >= 15 is 0 Å². The van der Waals surface area contributed by atoms with E-state index in [0.717, 1.165) is 34.1 Å². The topological polar surface area (TPSA) is 60.9 Å². The van der Waals surface area contributed by atoms with E-state index in [0.29, 0.717) is 5.82 Å². The Morgan fingerprint density at radius 1 is 1.00 bits per heavy atom. The number of benzene rings is 1. The van der Waals surface area contributed by atoms with E-state index in [2.05, 4.69) is 32.2 Å². The predicted octanol–water partition coefficient (Wildman–Crippen LogP) is 3.31. The van der Waals surface area contributed by atoms with E-state index in [1.807, 2.05) is 68.2 Å². The highest BCUT2D eigenvalue weighted by atomic mass is 15.3. The van der Waals surface area contributed by atoms with Crippen molar-refractivity contribution in [2.45, 2.75) is 13.8 Å². The highest BCUT2D eigenvalue weighted by molar-refractivity contribution is 5.67. The van der Waals surface area contributed by atoms with Crippen LogP contribution < -0.4 is 0 Å². The van der Waals surface area contributed by atoms with Crippen molar-refractivity contribution in [3.63, 3.8) is 0 Å². The van der Waals surface area contributed by atoms with Crippen LogP contribution in [0.3, 0.4) is 0 Å². The maximum atomic E-state index is 4.69. The molecule has 25 heavy (non-hydrogen) atoms. The second-order valence-corrected chi connectivity index (χ2v) is 5.99. The monoisotopic (exact) mass is 330 g/mol. The van der Waals surface area contributed by atoms with Crippen molar-refractivity contribution in [2.75, 3.05) is 0 Å². The Kier molecular flexibility index (Phi) is 3.65. The molecule has 0 atom stereocenters. The van der Waals surface area contributed by atoms with Gasteiger partial charge >= 0.3 is 0 Å². The lowest BCUT2D eigenvalue weighted by molar-refractivity contribution is 0.853. The molecule has 0 aliphatic heterocycles. The van der Waals surface area contributed by atoms with Gasteiger partial charge in [0.25, 0.3) is 0 Å². The van der Waals surface area contributed by atoms with Crippen LogP contribution >= 0.6 is 0 Å². The molecule has 0 saturated carbocycles. The van der Waals surface area contributed by atoms with Gasteiger partial charge in [-0.05, 0) is 26.0 Å². The van der Waals surface area contributed by atoms with Gasteiger partial charge in [-0.1, -0.05) is 30.3 Å². The molecule has 3 aromatic heterocycles. The summed E-state index contributed by atoms with van der Waals surface area (Å²) in [6.07, 6.45) is 7.64. The maximum absolute atomic E-state index is 4.69. The molecule has 124 valence electrons. The minimum absolute atomic E-state index is 0.642. The molecule has 4 rings (SSSR count). The standard InChI is InChI=1S/C19H18N6/c1-13-11-20-14(2)25-19(13)22-17(23-25)9-10-18-21-16(12-24(18)3)15-7-5-4-6-8-15/h4-12H,1-3H3. The molecule has 3 heterocycles. The van der Waals surface area contributed by atoms with Gasteiger partial charge in [0, 0.05) is 30.6 Å². The van der Waals surface area contributed by atoms with Crippen molar-refractivity contribution in [1.82, 2.24) is 29.1 Å². The van der Waals surface area contributed by atoms with Crippen LogP contribution in [0.4, 0.5) is 0 Å². The fourth-order valence-corrected chi connectivity index (χ4v) is 2.71. The first-order valence-electron chi connectivity index (χ1n) is 8.07. The number of rotatable bonds is 3. The van der Waals surface area contributed by atoms with Crippen LogP contribution in [0.1, 0.15) is 23.0 Å². The number of aromatic nitrogens is 6. The lowest BCUT2D eigenvalue weighted by atomic mass is 10.2. The summed E-state index contributed by atoms with van der Waals surface area (Å²) in [5.74, 6) is 2.31. The fourth-order valence-electron chi connectivity index (χ4n) is 2.71. The fraction of sp³-hybridized carbons (Fsp3) is 0.158. The molecule has 0 aliphatic rings.